The van der Waals surface area contributed by atoms with Gasteiger partial charge in [0.05, 0.1) is 6.61 Å². The van der Waals surface area contributed by atoms with E-state index in [1.165, 1.54) is 0 Å². The van der Waals surface area contributed by atoms with Crippen molar-refractivity contribution in [3.8, 4) is 11.1 Å². The highest BCUT2D eigenvalue weighted by Gasteiger charge is 2.31. The Morgan fingerprint density at radius 3 is 2.54 bits per heavy atom. The second-order valence-electron chi connectivity index (χ2n) is 8.16. The Morgan fingerprint density at radius 1 is 1.18 bits per heavy atom. The van der Waals surface area contributed by atoms with E-state index in [2.05, 4.69) is 11.4 Å². The number of ether oxygens (including phenoxy) is 2. The number of rotatable bonds is 2. The standard InChI is InChI=1S/C22H27N3O3/c1-21(2,3)28-20(26)24-19-13-27-14-22(4,25-19)17-9-5-7-15(11-17)16-8-6-10-18(23)12-16/h5-12H,13-14,23H2,1-4H3,(H,24,25,26)/t22-/m1/s1. The minimum atomic E-state index is -0.612. The predicted molar refractivity (Wildman–Crippen MR) is 111 cm³/mol. The van der Waals surface area contributed by atoms with Gasteiger partial charge in [-0.1, -0.05) is 30.3 Å². The lowest BCUT2D eigenvalue weighted by atomic mass is 9.90. The number of nitrogens with two attached hydrogens (primary N) is 1. The van der Waals surface area contributed by atoms with Crippen molar-refractivity contribution in [3.05, 3.63) is 54.1 Å². The molecule has 0 unspecified atom stereocenters. The normalized spacial score (nSPS) is 19.6. The molecule has 3 N–H and O–H groups in total. The van der Waals surface area contributed by atoms with Crippen LogP contribution in [0.2, 0.25) is 0 Å². The first-order valence-corrected chi connectivity index (χ1v) is 9.28. The summed E-state index contributed by atoms with van der Waals surface area (Å²) in [6.45, 7) is 8.10. The van der Waals surface area contributed by atoms with E-state index >= 15 is 0 Å². The number of nitrogen functional groups attached to an aromatic ring is 1. The van der Waals surface area contributed by atoms with Crippen LogP contribution in [0.3, 0.4) is 0 Å². The summed E-state index contributed by atoms with van der Waals surface area (Å²) in [5.74, 6) is 0.456. The molecule has 0 spiro atoms. The van der Waals surface area contributed by atoms with Crippen molar-refractivity contribution in [1.82, 2.24) is 5.32 Å². The van der Waals surface area contributed by atoms with E-state index in [9.17, 15) is 4.79 Å². The molecule has 1 heterocycles. The van der Waals surface area contributed by atoms with Crippen LogP contribution < -0.4 is 11.1 Å². The summed E-state index contributed by atoms with van der Waals surface area (Å²) in [5, 5.41) is 2.70. The molecule has 1 atom stereocenters. The number of carbonyl (C=O) groups is 1. The Balaban J connectivity index is 1.85. The number of benzene rings is 2. The summed E-state index contributed by atoms with van der Waals surface area (Å²) < 4.78 is 11.0. The maximum Gasteiger partial charge on any atom is 0.413 e. The summed E-state index contributed by atoms with van der Waals surface area (Å²) in [7, 11) is 0. The van der Waals surface area contributed by atoms with Crippen LogP contribution in [-0.4, -0.2) is 30.7 Å². The molecule has 6 heteroatoms. The lowest BCUT2D eigenvalue weighted by Gasteiger charge is -2.31. The first-order valence-electron chi connectivity index (χ1n) is 9.28. The van der Waals surface area contributed by atoms with Crippen LogP contribution in [0.15, 0.2) is 53.5 Å². The zero-order valence-electron chi connectivity index (χ0n) is 16.8. The van der Waals surface area contributed by atoms with Gasteiger partial charge in [0.25, 0.3) is 0 Å². The minimum Gasteiger partial charge on any atom is -0.444 e. The minimum absolute atomic E-state index is 0.240. The molecule has 6 nitrogen and oxygen atoms in total. The van der Waals surface area contributed by atoms with Crippen LogP contribution in [0.1, 0.15) is 33.3 Å². The van der Waals surface area contributed by atoms with Crippen molar-refractivity contribution in [2.45, 2.75) is 38.8 Å². The third kappa shape index (κ3) is 4.89. The highest BCUT2D eigenvalue weighted by atomic mass is 16.6. The lowest BCUT2D eigenvalue weighted by Crippen LogP contribution is -2.44. The maximum atomic E-state index is 12.1. The van der Waals surface area contributed by atoms with E-state index in [1.807, 2.05) is 70.2 Å². The molecule has 0 saturated carbocycles. The van der Waals surface area contributed by atoms with Gasteiger partial charge in [-0.05, 0) is 62.6 Å². The van der Waals surface area contributed by atoms with Crippen molar-refractivity contribution >= 4 is 17.6 Å². The van der Waals surface area contributed by atoms with E-state index in [0.29, 0.717) is 12.4 Å². The van der Waals surface area contributed by atoms with Gasteiger partial charge in [-0.3, -0.25) is 10.3 Å². The smallest absolute Gasteiger partial charge is 0.413 e. The van der Waals surface area contributed by atoms with Gasteiger partial charge in [0.15, 0.2) is 0 Å². The molecule has 0 bridgehead atoms. The molecule has 148 valence electrons. The highest BCUT2D eigenvalue weighted by molar-refractivity contribution is 5.96. The monoisotopic (exact) mass is 381 g/mol. The van der Waals surface area contributed by atoms with Crippen LogP contribution in [0.5, 0.6) is 0 Å². The van der Waals surface area contributed by atoms with Crippen LogP contribution in [-0.2, 0) is 15.0 Å². The quantitative estimate of drug-likeness (QED) is 0.767. The van der Waals surface area contributed by atoms with E-state index in [4.69, 9.17) is 20.2 Å². The second kappa shape index (κ2) is 7.64. The van der Waals surface area contributed by atoms with E-state index < -0.39 is 17.2 Å². The predicted octanol–water partition coefficient (Wildman–Crippen LogP) is 4.10. The second-order valence-corrected chi connectivity index (χ2v) is 8.16. The van der Waals surface area contributed by atoms with Gasteiger partial charge in [0, 0.05) is 5.69 Å². The van der Waals surface area contributed by atoms with Gasteiger partial charge in [0.2, 0.25) is 0 Å². The van der Waals surface area contributed by atoms with Crippen molar-refractivity contribution in [2.75, 3.05) is 18.9 Å². The third-order valence-corrected chi connectivity index (χ3v) is 4.35. The fraction of sp³-hybridized carbons (Fsp3) is 0.364. The third-order valence-electron chi connectivity index (χ3n) is 4.35. The van der Waals surface area contributed by atoms with Crippen LogP contribution in [0.25, 0.3) is 11.1 Å². The van der Waals surface area contributed by atoms with Crippen molar-refractivity contribution in [3.63, 3.8) is 0 Å². The Bertz CT molecular complexity index is 902. The summed E-state index contributed by atoms with van der Waals surface area (Å²) in [4.78, 5) is 16.8. The summed E-state index contributed by atoms with van der Waals surface area (Å²) >= 11 is 0. The zero-order valence-corrected chi connectivity index (χ0v) is 16.8. The molecule has 1 aliphatic heterocycles. The molecule has 2 aromatic carbocycles. The van der Waals surface area contributed by atoms with Crippen molar-refractivity contribution < 1.29 is 14.3 Å². The number of amidine groups is 1. The van der Waals surface area contributed by atoms with Crippen molar-refractivity contribution in [2.24, 2.45) is 4.99 Å². The number of hydrogen-bond acceptors (Lipinski definition) is 5. The number of hydrogen-bond donors (Lipinski definition) is 2. The Kier molecular flexibility index (Phi) is 5.42. The molecule has 0 aromatic heterocycles. The Labute approximate surface area is 165 Å². The average Bonchev–Trinajstić information content (AvgIpc) is 2.60. The van der Waals surface area contributed by atoms with Gasteiger partial charge >= 0.3 is 6.09 Å². The lowest BCUT2D eigenvalue weighted by molar-refractivity contribution is 0.0543. The van der Waals surface area contributed by atoms with Gasteiger partial charge in [-0.2, -0.15) is 0 Å². The number of alkyl carbamates (subject to hydrolysis) is 1. The molecule has 0 aliphatic carbocycles. The Morgan fingerprint density at radius 2 is 1.86 bits per heavy atom. The molecule has 28 heavy (non-hydrogen) atoms. The van der Waals surface area contributed by atoms with Gasteiger partial charge in [-0.15, -0.1) is 0 Å². The number of nitrogens with zero attached hydrogens (tertiary/aromatic N) is 1. The van der Waals surface area contributed by atoms with Gasteiger partial charge in [0.1, 0.15) is 23.6 Å². The maximum absolute atomic E-state index is 12.1. The SMILES string of the molecule is CC(C)(C)OC(=O)NC1=N[C@@](C)(c2cccc(-c3cccc(N)c3)c2)COC1. The number of carbonyl (C=O) groups excluding carboxylic acids is 1. The number of amides is 1. The Hall–Kier alpha value is -2.86. The van der Waals surface area contributed by atoms with E-state index in [1.54, 1.807) is 0 Å². The van der Waals surface area contributed by atoms with E-state index in [-0.39, 0.29) is 6.61 Å². The molecule has 0 radical (unpaired) electrons. The fourth-order valence-electron chi connectivity index (χ4n) is 3.09. The highest BCUT2D eigenvalue weighted by Crippen LogP contribution is 2.32. The topological polar surface area (TPSA) is 85.9 Å². The summed E-state index contributed by atoms with van der Waals surface area (Å²) in [6, 6.07) is 15.9. The largest absolute Gasteiger partial charge is 0.444 e. The molecule has 3 rings (SSSR count). The average molecular weight is 381 g/mol. The number of nitrogens with one attached hydrogen (secondary N) is 1. The molecular formula is C22H27N3O3. The molecule has 1 amide bonds. The van der Waals surface area contributed by atoms with Gasteiger partial charge < -0.3 is 15.2 Å². The van der Waals surface area contributed by atoms with Gasteiger partial charge in [-0.25, -0.2) is 4.79 Å². The zero-order chi connectivity index (χ0) is 20.4. The molecule has 2 aromatic rings. The van der Waals surface area contributed by atoms with E-state index in [0.717, 1.165) is 22.4 Å². The van der Waals surface area contributed by atoms with Crippen LogP contribution in [0, 0.1) is 0 Å². The molecule has 0 saturated heterocycles. The fourth-order valence-corrected chi connectivity index (χ4v) is 3.09. The van der Waals surface area contributed by atoms with Crippen LogP contribution in [0.4, 0.5) is 10.5 Å². The molecule has 1 aliphatic rings. The van der Waals surface area contributed by atoms with Crippen LogP contribution >= 0.6 is 0 Å². The summed E-state index contributed by atoms with van der Waals surface area (Å²) in [6.07, 6.45) is -0.535. The first-order chi connectivity index (χ1) is 13.1. The molecular weight excluding hydrogens is 354 g/mol. The number of anilines is 1. The summed E-state index contributed by atoms with van der Waals surface area (Å²) in [5.41, 5.74) is 8.54. The van der Waals surface area contributed by atoms with Crippen molar-refractivity contribution in [1.29, 1.82) is 0 Å². The first kappa shape index (κ1) is 19.9. The molecule has 0 fully saturated rings. The number of aliphatic imine (C=N–C) groups is 1.